The topological polar surface area (TPSA) is 73.2 Å². The van der Waals surface area contributed by atoms with Crippen LogP contribution in [0.1, 0.15) is 35.9 Å². The minimum absolute atomic E-state index is 0.00552. The molecule has 28 heavy (non-hydrogen) atoms. The Balaban J connectivity index is 1.70. The number of halogens is 3. The van der Waals surface area contributed by atoms with Crippen LogP contribution in [-0.2, 0) is 46.9 Å². The Labute approximate surface area is 161 Å². The first-order chi connectivity index (χ1) is 13.2. The number of nitrogens with one attached hydrogen (secondary N) is 1. The molecule has 1 N–H and O–H groups in total. The van der Waals surface area contributed by atoms with Gasteiger partial charge in [0.1, 0.15) is 0 Å². The van der Waals surface area contributed by atoms with E-state index in [0.717, 1.165) is 18.4 Å². The van der Waals surface area contributed by atoms with Crippen molar-refractivity contribution in [3.8, 4) is 0 Å². The van der Waals surface area contributed by atoms with Crippen molar-refractivity contribution >= 4 is 10.0 Å². The van der Waals surface area contributed by atoms with Crippen LogP contribution in [0.3, 0.4) is 0 Å². The Kier molecular flexibility index (Phi) is 6.11. The second-order valence-electron chi connectivity index (χ2n) is 6.59. The predicted octanol–water partition coefficient (Wildman–Crippen LogP) is 2.91. The Morgan fingerprint density at radius 1 is 1.25 bits per heavy atom. The lowest BCUT2D eigenvalue weighted by Gasteiger charge is -2.15. The molecule has 0 fully saturated rings. The molecule has 1 aromatic carbocycles. The van der Waals surface area contributed by atoms with Crippen molar-refractivity contribution in [3.05, 3.63) is 46.8 Å². The molecule has 0 spiro atoms. The van der Waals surface area contributed by atoms with Crippen molar-refractivity contribution in [1.29, 1.82) is 0 Å². The van der Waals surface area contributed by atoms with Crippen LogP contribution >= 0.6 is 0 Å². The SMILES string of the molecule is CCCc1ccc(S(=O)(=O)NCCn2nc(C(F)(F)F)c3c2CCOC3)cc1. The first-order valence-corrected chi connectivity index (χ1v) is 10.5. The zero-order chi connectivity index (χ0) is 20.4. The molecular formula is C18H22F3N3O3S. The Hall–Kier alpha value is -1.91. The third-order valence-corrected chi connectivity index (χ3v) is 6.03. The summed E-state index contributed by atoms with van der Waals surface area (Å²) in [5.41, 5.74) is 0.567. The summed E-state index contributed by atoms with van der Waals surface area (Å²) < 4.78 is 73.1. The summed E-state index contributed by atoms with van der Waals surface area (Å²) in [6.07, 6.45) is -2.44. The molecule has 3 rings (SSSR count). The number of hydrogen-bond acceptors (Lipinski definition) is 4. The summed E-state index contributed by atoms with van der Waals surface area (Å²) in [5.74, 6) is 0. The van der Waals surface area contributed by atoms with Gasteiger partial charge in [0.05, 0.1) is 24.7 Å². The molecule has 1 aliphatic heterocycles. The monoisotopic (exact) mass is 417 g/mol. The number of hydrogen-bond donors (Lipinski definition) is 1. The van der Waals surface area contributed by atoms with Gasteiger partial charge in [0.2, 0.25) is 10.0 Å². The highest BCUT2D eigenvalue weighted by atomic mass is 32.2. The van der Waals surface area contributed by atoms with Gasteiger partial charge in [-0.05, 0) is 24.1 Å². The maximum atomic E-state index is 13.2. The molecule has 0 aliphatic carbocycles. The van der Waals surface area contributed by atoms with Crippen molar-refractivity contribution in [2.45, 2.75) is 50.4 Å². The molecule has 154 valence electrons. The van der Waals surface area contributed by atoms with Gasteiger partial charge in [0, 0.05) is 24.2 Å². The maximum Gasteiger partial charge on any atom is 0.435 e. The van der Waals surface area contributed by atoms with Gasteiger partial charge in [-0.2, -0.15) is 18.3 Å². The van der Waals surface area contributed by atoms with Crippen LogP contribution in [0.15, 0.2) is 29.2 Å². The van der Waals surface area contributed by atoms with Gasteiger partial charge in [-0.3, -0.25) is 4.68 Å². The molecule has 0 amide bonds. The van der Waals surface area contributed by atoms with E-state index in [1.54, 1.807) is 12.1 Å². The number of aromatic nitrogens is 2. The van der Waals surface area contributed by atoms with Crippen molar-refractivity contribution in [2.75, 3.05) is 13.2 Å². The molecule has 0 saturated heterocycles. The number of rotatable bonds is 7. The van der Waals surface area contributed by atoms with E-state index in [9.17, 15) is 21.6 Å². The van der Waals surface area contributed by atoms with E-state index >= 15 is 0 Å². The minimum Gasteiger partial charge on any atom is -0.376 e. The predicted molar refractivity (Wildman–Crippen MR) is 96.2 cm³/mol. The van der Waals surface area contributed by atoms with Gasteiger partial charge in [-0.25, -0.2) is 13.1 Å². The van der Waals surface area contributed by atoms with Gasteiger partial charge >= 0.3 is 6.18 Å². The highest BCUT2D eigenvalue weighted by molar-refractivity contribution is 7.89. The normalized spacial score (nSPS) is 14.9. The quantitative estimate of drug-likeness (QED) is 0.752. The van der Waals surface area contributed by atoms with Crippen LogP contribution in [0.5, 0.6) is 0 Å². The van der Waals surface area contributed by atoms with E-state index < -0.39 is 21.9 Å². The van der Waals surface area contributed by atoms with Crippen molar-refractivity contribution in [2.24, 2.45) is 0 Å². The van der Waals surface area contributed by atoms with Crippen molar-refractivity contribution < 1.29 is 26.3 Å². The lowest BCUT2D eigenvalue weighted by atomic mass is 10.1. The molecule has 6 nitrogen and oxygen atoms in total. The van der Waals surface area contributed by atoms with Gasteiger partial charge < -0.3 is 4.74 Å². The van der Waals surface area contributed by atoms with Gasteiger partial charge in [0.15, 0.2) is 5.69 Å². The van der Waals surface area contributed by atoms with Crippen LogP contribution in [0, 0.1) is 0 Å². The van der Waals surface area contributed by atoms with E-state index in [2.05, 4.69) is 9.82 Å². The van der Waals surface area contributed by atoms with Crippen LogP contribution in [0.25, 0.3) is 0 Å². The molecule has 2 aromatic rings. The summed E-state index contributed by atoms with van der Waals surface area (Å²) in [7, 11) is -3.74. The molecule has 0 unspecified atom stereocenters. The molecule has 2 heterocycles. The average molecular weight is 417 g/mol. The van der Waals surface area contributed by atoms with Gasteiger partial charge in [0.25, 0.3) is 0 Å². The summed E-state index contributed by atoms with van der Waals surface area (Å²) >= 11 is 0. The zero-order valence-electron chi connectivity index (χ0n) is 15.4. The minimum atomic E-state index is -4.57. The molecule has 0 radical (unpaired) electrons. The number of ether oxygens (including phenoxy) is 1. The fourth-order valence-electron chi connectivity index (χ4n) is 3.21. The standard InChI is InChI=1S/C18H22F3N3O3S/c1-2-3-13-4-6-14(7-5-13)28(25,26)22-9-10-24-16-8-11-27-12-15(16)17(23-24)18(19,20)21/h4-7,22H,2-3,8-12H2,1H3. The number of aryl methyl sites for hydroxylation is 1. The van der Waals surface area contributed by atoms with E-state index in [0.29, 0.717) is 18.7 Å². The molecule has 10 heteroatoms. The van der Waals surface area contributed by atoms with Crippen molar-refractivity contribution in [3.63, 3.8) is 0 Å². The first-order valence-electron chi connectivity index (χ1n) is 9.04. The zero-order valence-corrected chi connectivity index (χ0v) is 16.2. The molecule has 0 bridgehead atoms. The second kappa shape index (κ2) is 8.22. The van der Waals surface area contributed by atoms with E-state index in [1.165, 1.54) is 16.8 Å². The second-order valence-corrected chi connectivity index (χ2v) is 8.36. The Bertz CT molecular complexity index is 922. The number of fused-ring (bicyclic) bond motifs is 1. The molecule has 1 aliphatic rings. The lowest BCUT2D eigenvalue weighted by Crippen LogP contribution is -2.28. The van der Waals surface area contributed by atoms with Crippen LogP contribution in [0.4, 0.5) is 13.2 Å². The van der Waals surface area contributed by atoms with Gasteiger partial charge in [-0.1, -0.05) is 25.5 Å². The fraction of sp³-hybridized carbons (Fsp3) is 0.500. The molecular weight excluding hydrogens is 395 g/mol. The number of alkyl halides is 3. The van der Waals surface area contributed by atoms with Crippen LogP contribution < -0.4 is 4.72 Å². The first kappa shape index (κ1) is 20.8. The Morgan fingerprint density at radius 2 is 1.96 bits per heavy atom. The molecule has 0 atom stereocenters. The lowest BCUT2D eigenvalue weighted by molar-refractivity contribution is -0.142. The Morgan fingerprint density at radius 3 is 2.61 bits per heavy atom. The maximum absolute atomic E-state index is 13.2. The summed E-state index contributed by atoms with van der Waals surface area (Å²) in [4.78, 5) is 0.124. The van der Waals surface area contributed by atoms with Crippen LogP contribution in [0.2, 0.25) is 0 Å². The van der Waals surface area contributed by atoms with E-state index in [4.69, 9.17) is 4.74 Å². The summed E-state index contributed by atoms with van der Waals surface area (Å²) in [6, 6.07) is 6.58. The summed E-state index contributed by atoms with van der Waals surface area (Å²) in [5, 5.41) is 3.66. The fourth-order valence-corrected chi connectivity index (χ4v) is 4.24. The average Bonchev–Trinajstić information content (AvgIpc) is 3.02. The molecule has 0 saturated carbocycles. The number of nitrogens with zero attached hydrogens (tertiary/aromatic N) is 2. The highest BCUT2D eigenvalue weighted by Gasteiger charge is 2.39. The highest BCUT2D eigenvalue weighted by Crippen LogP contribution is 2.34. The third-order valence-electron chi connectivity index (χ3n) is 4.55. The van der Waals surface area contributed by atoms with Crippen molar-refractivity contribution in [1.82, 2.24) is 14.5 Å². The number of benzene rings is 1. The van der Waals surface area contributed by atoms with E-state index in [1.807, 2.05) is 6.92 Å². The third kappa shape index (κ3) is 4.56. The van der Waals surface area contributed by atoms with Crippen LogP contribution in [-0.4, -0.2) is 31.3 Å². The van der Waals surface area contributed by atoms with E-state index in [-0.39, 0.29) is 30.2 Å². The summed E-state index contributed by atoms with van der Waals surface area (Å²) in [6.45, 7) is 2.15. The smallest absolute Gasteiger partial charge is 0.376 e. The largest absolute Gasteiger partial charge is 0.435 e. The molecule has 1 aromatic heterocycles. The number of sulfonamides is 1. The van der Waals surface area contributed by atoms with Gasteiger partial charge in [-0.15, -0.1) is 0 Å².